The number of hydrogen-bond acceptors (Lipinski definition) is 8. The fourth-order valence-electron chi connectivity index (χ4n) is 3.06. The van der Waals surface area contributed by atoms with E-state index in [2.05, 4.69) is 16.0 Å². The molecule has 0 aromatic heterocycles. The predicted molar refractivity (Wildman–Crippen MR) is 127 cm³/mol. The van der Waals surface area contributed by atoms with Gasteiger partial charge in [-0.1, -0.05) is 0 Å². The summed E-state index contributed by atoms with van der Waals surface area (Å²) in [7, 11) is 0. The van der Waals surface area contributed by atoms with Crippen molar-refractivity contribution in [3.05, 3.63) is 29.8 Å². The Bertz CT molecular complexity index is 1030. The molecule has 0 radical (unpaired) electrons. The number of carbonyl (C=O) groups is 7. The van der Waals surface area contributed by atoms with E-state index >= 15 is 0 Å². The van der Waals surface area contributed by atoms with Crippen LogP contribution in [0.3, 0.4) is 0 Å². The SMILES string of the molecule is NC(=O)CC[C@H](NC(=O)c1ccc(N)cc1)C(=O)N[C@@H](CCC(N)=O)C(=O)N[C@@H](CCC(=O)O)C(=O)O. The second-order valence-corrected chi connectivity index (χ2v) is 8.05. The van der Waals surface area contributed by atoms with Gasteiger partial charge in [0.25, 0.3) is 5.91 Å². The van der Waals surface area contributed by atoms with Gasteiger partial charge in [0, 0.05) is 30.5 Å². The van der Waals surface area contributed by atoms with Crippen LogP contribution >= 0.6 is 0 Å². The molecule has 1 rings (SSSR count). The van der Waals surface area contributed by atoms with Crippen molar-refractivity contribution in [3.8, 4) is 0 Å². The number of carboxylic acid groups (broad SMARTS) is 2. The summed E-state index contributed by atoms with van der Waals surface area (Å²) in [5, 5.41) is 24.9. The van der Waals surface area contributed by atoms with Crippen LogP contribution in [0.25, 0.3) is 0 Å². The van der Waals surface area contributed by atoms with Crippen molar-refractivity contribution >= 4 is 47.2 Å². The molecule has 202 valence electrons. The van der Waals surface area contributed by atoms with Crippen molar-refractivity contribution < 1.29 is 43.8 Å². The number of nitrogens with two attached hydrogens (primary N) is 3. The Hall–Kier alpha value is -4.69. The summed E-state index contributed by atoms with van der Waals surface area (Å²) < 4.78 is 0. The quantitative estimate of drug-likeness (QED) is 0.109. The van der Waals surface area contributed by atoms with Crippen LogP contribution in [-0.2, 0) is 28.8 Å². The molecule has 5 amide bonds. The second kappa shape index (κ2) is 14.7. The van der Waals surface area contributed by atoms with Gasteiger partial charge in [-0.05, 0) is 43.5 Å². The molecule has 0 unspecified atom stereocenters. The summed E-state index contributed by atoms with van der Waals surface area (Å²) in [5.41, 5.74) is 16.4. The van der Waals surface area contributed by atoms with E-state index in [9.17, 15) is 38.7 Å². The van der Waals surface area contributed by atoms with Crippen molar-refractivity contribution in [1.29, 1.82) is 0 Å². The Balaban J connectivity index is 3.07. The second-order valence-electron chi connectivity index (χ2n) is 8.05. The van der Waals surface area contributed by atoms with Crippen LogP contribution in [-0.4, -0.2) is 69.8 Å². The molecule has 0 aliphatic heterocycles. The van der Waals surface area contributed by atoms with E-state index in [1.165, 1.54) is 24.3 Å². The van der Waals surface area contributed by atoms with Gasteiger partial charge in [-0.25, -0.2) is 4.79 Å². The number of rotatable bonds is 16. The van der Waals surface area contributed by atoms with Gasteiger partial charge >= 0.3 is 11.9 Å². The molecule has 37 heavy (non-hydrogen) atoms. The molecule has 3 atom stereocenters. The summed E-state index contributed by atoms with van der Waals surface area (Å²) in [6.45, 7) is 0. The van der Waals surface area contributed by atoms with Gasteiger partial charge in [0.2, 0.25) is 23.6 Å². The number of benzene rings is 1. The van der Waals surface area contributed by atoms with Crippen LogP contribution in [0, 0.1) is 0 Å². The van der Waals surface area contributed by atoms with E-state index in [0.717, 1.165) is 0 Å². The molecule has 0 fully saturated rings. The number of hydrogen-bond donors (Lipinski definition) is 8. The van der Waals surface area contributed by atoms with E-state index < -0.39 is 72.4 Å². The Morgan fingerprint density at radius 1 is 0.676 bits per heavy atom. The third kappa shape index (κ3) is 11.5. The van der Waals surface area contributed by atoms with E-state index in [1.54, 1.807) is 0 Å². The molecular formula is C22H30N6O9. The molecule has 11 N–H and O–H groups in total. The molecule has 0 spiro atoms. The largest absolute Gasteiger partial charge is 0.481 e. The first-order valence-corrected chi connectivity index (χ1v) is 11.1. The lowest BCUT2D eigenvalue weighted by atomic mass is 10.1. The van der Waals surface area contributed by atoms with Gasteiger partial charge in [0.1, 0.15) is 18.1 Å². The van der Waals surface area contributed by atoms with Crippen LogP contribution in [0.2, 0.25) is 0 Å². The number of nitrogen functional groups attached to an aromatic ring is 1. The zero-order valence-corrected chi connectivity index (χ0v) is 19.8. The molecule has 0 aliphatic rings. The third-order valence-electron chi connectivity index (χ3n) is 5.05. The fourth-order valence-corrected chi connectivity index (χ4v) is 3.06. The Labute approximate surface area is 211 Å². The minimum atomic E-state index is -1.59. The molecular weight excluding hydrogens is 492 g/mol. The summed E-state index contributed by atoms with van der Waals surface area (Å²) >= 11 is 0. The zero-order chi connectivity index (χ0) is 28.1. The minimum absolute atomic E-state index is 0.150. The highest BCUT2D eigenvalue weighted by atomic mass is 16.4. The zero-order valence-electron chi connectivity index (χ0n) is 19.8. The van der Waals surface area contributed by atoms with E-state index in [1.807, 2.05) is 0 Å². The topological polar surface area (TPSA) is 274 Å². The smallest absolute Gasteiger partial charge is 0.326 e. The number of carbonyl (C=O) groups excluding carboxylic acids is 5. The summed E-state index contributed by atoms with van der Waals surface area (Å²) in [5.74, 6) is -7.00. The van der Waals surface area contributed by atoms with Crippen LogP contribution in [0.5, 0.6) is 0 Å². The average molecular weight is 523 g/mol. The number of anilines is 1. The lowest BCUT2D eigenvalue weighted by Gasteiger charge is -2.24. The van der Waals surface area contributed by atoms with Crippen molar-refractivity contribution in [1.82, 2.24) is 16.0 Å². The van der Waals surface area contributed by atoms with Gasteiger partial charge < -0.3 is 43.4 Å². The van der Waals surface area contributed by atoms with Gasteiger partial charge in [0.15, 0.2) is 0 Å². The lowest BCUT2D eigenvalue weighted by Crippen LogP contribution is -2.56. The number of aliphatic carboxylic acids is 2. The molecule has 1 aromatic rings. The fraction of sp³-hybridized carbons (Fsp3) is 0.409. The number of primary amides is 2. The Morgan fingerprint density at radius 2 is 1.11 bits per heavy atom. The molecule has 0 bridgehead atoms. The third-order valence-corrected chi connectivity index (χ3v) is 5.05. The highest BCUT2D eigenvalue weighted by Crippen LogP contribution is 2.08. The summed E-state index contributed by atoms with van der Waals surface area (Å²) in [6.07, 6.45) is -2.22. The maximum atomic E-state index is 13.0. The first-order valence-electron chi connectivity index (χ1n) is 11.1. The monoisotopic (exact) mass is 522 g/mol. The number of carboxylic acids is 2. The molecule has 1 aromatic carbocycles. The van der Waals surface area contributed by atoms with Gasteiger partial charge in [-0.15, -0.1) is 0 Å². The molecule has 0 saturated heterocycles. The van der Waals surface area contributed by atoms with E-state index in [-0.39, 0.29) is 31.2 Å². The minimum Gasteiger partial charge on any atom is -0.481 e. The van der Waals surface area contributed by atoms with E-state index in [4.69, 9.17) is 22.3 Å². The van der Waals surface area contributed by atoms with Crippen molar-refractivity contribution in [3.63, 3.8) is 0 Å². The molecule has 0 aliphatic carbocycles. The highest BCUT2D eigenvalue weighted by Gasteiger charge is 2.30. The highest BCUT2D eigenvalue weighted by molar-refractivity contribution is 5.99. The van der Waals surface area contributed by atoms with Gasteiger partial charge in [-0.3, -0.25) is 28.8 Å². The number of nitrogens with one attached hydrogen (secondary N) is 3. The van der Waals surface area contributed by atoms with Crippen molar-refractivity contribution in [2.45, 2.75) is 56.7 Å². The number of amides is 5. The maximum absolute atomic E-state index is 13.0. The first kappa shape index (κ1) is 30.3. The van der Waals surface area contributed by atoms with Crippen LogP contribution in [0.15, 0.2) is 24.3 Å². The first-order chi connectivity index (χ1) is 17.3. The Morgan fingerprint density at radius 3 is 1.54 bits per heavy atom. The van der Waals surface area contributed by atoms with Crippen LogP contribution < -0.4 is 33.2 Å². The van der Waals surface area contributed by atoms with Crippen molar-refractivity contribution in [2.75, 3.05) is 5.73 Å². The van der Waals surface area contributed by atoms with E-state index in [0.29, 0.717) is 5.69 Å². The van der Waals surface area contributed by atoms with Gasteiger partial charge in [-0.2, -0.15) is 0 Å². The predicted octanol–water partition coefficient (Wildman–Crippen LogP) is -2.18. The molecule has 0 heterocycles. The normalized spacial score (nSPS) is 12.9. The average Bonchev–Trinajstić information content (AvgIpc) is 2.81. The van der Waals surface area contributed by atoms with Gasteiger partial charge in [0.05, 0.1) is 0 Å². The van der Waals surface area contributed by atoms with Crippen LogP contribution in [0.1, 0.15) is 48.9 Å². The summed E-state index contributed by atoms with van der Waals surface area (Å²) in [6, 6.07) is 1.31. The molecule has 15 heteroatoms. The standard InChI is InChI=1S/C22H30N6O9/c23-12-3-1-11(2-4-12)19(33)26-13(5-8-16(24)29)20(34)27-14(6-9-17(25)30)21(35)28-15(22(36)37)7-10-18(31)32/h1-4,13-15H,5-10,23H2,(H2,24,29)(H2,25,30)(H,26,33)(H,27,34)(H,28,35)(H,31,32)(H,36,37)/t13-,14-,15-/m0/s1. The molecule has 0 saturated carbocycles. The molecule has 15 nitrogen and oxygen atoms in total. The Kier molecular flexibility index (Phi) is 12.0. The maximum Gasteiger partial charge on any atom is 0.326 e. The van der Waals surface area contributed by atoms with Crippen LogP contribution in [0.4, 0.5) is 5.69 Å². The van der Waals surface area contributed by atoms with Crippen molar-refractivity contribution in [2.24, 2.45) is 11.5 Å². The summed E-state index contributed by atoms with van der Waals surface area (Å²) in [4.78, 5) is 83.1. The lowest BCUT2D eigenvalue weighted by molar-refractivity contribution is -0.143.